The van der Waals surface area contributed by atoms with Crippen molar-refractivity contribution in [2.24, 2.45) is 0 Å². The van der Waals surface area contributed by atoms with Gasteiger partial charge in [-0.1, -0.05) is 23.7 Å². The van der Waals surface area contributed by atoms with Gasteiger partial charge in [-0.25, -0.2) is 18.1 Å². The van der Waals surface area contributed by atoms with Crippen LogP contribution in [0.25, 0.3) is 11.3 Å². The lowest BCUT2D eigenvalue weighted by Gasteiger charge is -2.06. The molecule has 1 heterocycles. The highest BCUT2D eigenvalue weighted by Gasteiger charge is 2.17. The van der Waals surface area contributed by atoms with Gasteiger partial charge >= 0.3 is 0 Å². The van der Waals surface area contributed by atoms with Crippen LogP contribution in [-0.2, 0) is 16.6 Å². The van der Waals surface area contributed by atoms with E-state index in [0.29, 0.717) is 5.01 Å². The average Bonchev–Trinajstić information content (AvgIpc) is 3.03. The topological polar surface area (TPSA) is 79.3 Å². The number of aromatic hydroxyl groups is 1. The van der Waals surface area contributed by atoms with Crippen molar-refractivity contribution in [3.8, 4) is 17.0 Å². The molecule has 2 aromatic carbocycles. The Labute approximate surface area is 148 Å². The van der Waals surface area contributed by atoms with Crippen molar-refractivity contribution >= 4 is 33.0 Å². The third-order valence-corrected chi connectivity index (χ3v) is 6.00. The lowest BCUT2D eigenvalue weighted by Crippen LogP contribution is -2.23. The summed E-state index contributed by atoms with van der Waals surface area (Å²) in [6, 6.07) is 12.9. The third kappa shape index (κ3) is 3.76. The number of benzene rings is 2. The highest BCUT2D eigenvalue weighted by atomic mass is 35.5. The van der Waals surface area contributed by atoms with Gasteiger partial charge in [0.1, 0.15) is 15.7 Å². The number of aromatic nitrogens is 1. The second kappa shape index (κ2) is 6.90. The summed E-state index contributed by atoms with van der Waals surface area (Å²) in [5.74, 6) is 0.182. The molecule has 3 rings (SSSR count). The Kier molecular flexibility index (Phi) is 4.86. The Balaban J connectivity index is 1.74. The number of hydrogen-bond donors (Lipinski definition) is 2. The quantitative estimate of drug-likeness (QED) is 0.708. The van der Waals surface area contributed by atoms with Gasteiger partial charge < -0.3 is 5.11 Å². The lowest BCUT2D eigenvalue weighted by molar-refractivity contribution is 0.475. The molecule has 5 nitrogen and oxygen atoms in total. The van der Waals surface area contributed by atoms with Gasteiger partial charge in [0, 0.05) is 10.9 Å². The highest BCUT2D eigenvalue weighted by Crippen LogP contribution is 2.24. The van der Waals surface area contributed by atoms with Crippen LogP contribution in [0.2, 0.25) is 5.02 Å². The molecule has 0 fully saturated rings. The van der Waals surface area contributed by atoms with E-state index in [2.05, 4.69) is 9.71 Å². The first kappa shape index (κ1) is 16.9. The van der Waals surface area contributed by atoms with E-state index in [1.54, 1.807) is 36.4 Å². The number of halogens is 1. The molecule has 0 saturated heterocycles. The van der Waals surface area contributed by atoms with Gasteiger partial charge in [0.25, 0.3) is 0 Å². The zero-order valence-electron chi connectivity index (χ0n) is 12.3. The summed E-state index contributed by atoms with van der Waals surface area (Å²) in [7, 11) is -3.70. The van der Waals surface area contributed by atoms with E-state index < -0.39 is 10.0 Å². The van der Waals surface area contributed by atoms with Crippen LogP contribution < -0.4 is 4.72 Å². The third-order valence-electron chi connectivity index (χ3n) is 3.25. The van der Waals surface area contributed by atoms with Gasteiger partial charge in [0.05, 0.1) is 17.3 Å². The van der Waals surface area contributed by atoms with Crippen molar-refractivity contribution in [2.75, 3.05) is 0 Å². The van der Waals surface area contributed by atoms with Crippen LogP contribution in [0.5, 0.6) is 5.75 Å². The standard InChI is InChI=1S/C16H13ClN2O3S2/c17-13-3-1-2-4-15(13)24(21,22)18-9-16-19-14(10-23-16)11-5-7-12(20)8-6-11/h1-8,10,18,20H,9H2. The highest BCUT2D eigenvalue weighted by molar-refractivity contribution is 7.89. The maximum Gasteiger partial charge on any atom is 0.242 e. The molecule has 3 aromatic rings. The molecule has 0 aliphatic heterocycles. The lowest BCUT2D eigenvalue weighted by atomic mass is 10.2. The number of thiazole rings is 1. The van der Waals surface area contributed by atoms with Gasteiger partial charge in [-0.05, 0) is 36.4 Å². The fourth-order valence-corrected chi connectivity index (χ4v) is 4.39. The predicted molar refractivity (Wildman–Crippen MR) is 94.7 cm³/mol. The van der Waals surface area contributed by atoms with Gasteiger partial charge in [-0.15, -0.1) is 11.3 Å². The Morgan fingerprint density at radius 2 is 1.83 bits per heavy atom. The Morgan fingerprint density at radius 1 is 1.12 bits per heavy atom. The van der Waals surface area contributed by atoms with E-state index in [9.17, 15) is 13.5 Å². The largest absolute Gasteiger partial charge is 0.508 e. The Morgan fingerprint density at radius 3 is 2.54 bits per heavy atom. The van der Waals surface area contributed by atoms with Crippen LogP contribution in [0.1, 0.15) is 5.01 Å². The zero-order chi connectivity index (χ0) is 17.2. The number of phenolic OH excluding ortho intramolecular Hbond substituents is 1. The summed E-state index contributed by atoms with van der Waals surface area (Å²) in [6.07, 6.45) is 0. The number of hydrogen-bond acceptors (Lipinski definition) is 5. The Hall–Kier alpha value is -1.93. The first-order valence-electron chi connectivity index (χ1n) is 6.94. The normalized spacial score (nSPS) is 11.5. The second-order valence-electron chi connectivity index (χ2n) is 4.93. The number of sulfonamides is 1. The molecule has 8 heteroatoms. The molecule has 0 amide bonds. The molecule has 0 unspecified atom stereocenters. The Bertz CT molecular complexity index is 953. The average molecular weight is 381 g/mol. The molecule has 2 N–H and O–H groups in total. The van der Waals surface area contributed by atoms with Crippen LogP contribution in [0.4, 0.5) is 0 Å². The van der Waals surface area contributed by atoms with Crippen molar-refractivity contribution in [1.82, 2.24) is 9.71 Å². The van der Waals surface area contributed by atoms with E-state index >= 15 is 0 Å². The fourth-order valence-electron chi connectivity index (χ4n) is 2.05. The minimum atomic E-state index is -3.70. The number of phenols is 1. The van der Waals surface area contributed by atoms with Crippen molar-refractivity contribution < 1.29 is 13.5 Å². The van der Waals surface area contributed by atoms with Crippen LogP contribution in [-0.4, -0.2) is 18.5 Å². The molecule has 0 bridgehead atoms. The first-order chi connectivity index (χ1) is 11.5. The van der Waals surface area contributed by atoms with Gasteiger partial charge in [0.2, 0.25) is 10.0 Å². The van der Waals surface area contributed by atoms with E-state index in [-0.39, 0.29) is 22.2 Å². The minimum absolute atomic E-state index is 0.0435. The summed E-state index contributed by atoms with van der Waals surface area (Å²) in [4.78, 5) is 4.45. The molecule has 124 valence electrons. The smallest absolute Gasteiger partial charge is 0.242 e. The van der Waals surface area contributed by atoms with Crippen LogP contribution in [0, 0.1) is 0 Å². The maximum absolute atomic E-state index is 12.3. The summed E-state index contributed by atoms with van der Waals surface area (Å²) < 4.78 is 27.1. The van der Waals surface area contributed by atoms with Crippen LogP contribution in [0.3, 0.4) is 0 Å². The summed E-state index contributed by atoms with van der Waals surface area (Å²) in [5.41, 5.74) is 1.58. The summed E-state index contributed by atoms with van der Waals surface area (Å²) in [6.45, 7) is 0.0797. The molecule has 0 spiro atoms. The van der Waals surface area contributed by atoms with Crippen molar-refractivity contribution in [1.29, 1.82) is 0 Å². The number of nitrogens with one attached hydrogen (secondary N) is 1. The summed E-state index contributed by atoms with van der Waals surface area (Å²) in [5, 5.41) is 12.0. The van der Waals surface area contributed by atoms with Gasteiger partial charge in [-0.2, -0.15) is 0 Å². The van der Waals surface area contributed by atoms with E-state index in [4.69, 9.17) is 11.6 Å². The van der Waals surface area contributed by atoms with E-state index in [1.807, 2.05) is 5.38 Å². The number of nitrogens with zero attached hydrogens (tertiary/aromatic N) is 1. The molecule has 0 atom stereocenters. The molecular formula is C16H13ClN2O3S2. The van der Waals surface area contributed by atoms with E-state index in [1.165, 1.54) is 23.5 Å². The van der Waals surface area contributed by atoms with Crippen molar-refractivity contribution in [3.05, 3.63) is 63.9 Å². The first-order valence-corrected chi connectivity index (χ1v) is 9.68. The maximum atomic E-state index is 12.3. The van der Waals surface area contributed by atoms with Gasteiger partial charge in [0.15, 0.2) is 0 Å². The second-order valence-corrected chi connectivity index (χ2v) is 8.01. The number of rotatable bonds is 5. The SMILES string of the molecule is O=S(=O)(NCc1nc(-c2ccc(O)cc2)cs1)c1ccccc1Cl. The molecule has 0 aliphatic carbocycles. The van der Waals surface area contributed by atoms with Crippen LogP contribution >= 0.6 is 22.9 Å². The predicted octanol–water partition coefficient (Wildman–Crippen LogP) is 3.65. The molecular weight excluding hydrogens is 368 g/mol. The molecule has 0 radical (unpaired) electrons. The van der Waals surface area contributed by atoms with E-state index in [0.717, 1.165) is 11.3 Å². The molecule has 1 aromatic heterocycles. The molecule has 0 aliphatic rings. The van der Waals surface area contributed by atoms with Crippen molar-refractivity contribution in [2.45, 2.75) is 11.4 Å². The fraction of sp³-hybridized carbons (Fsp3) is 0.0625. The molecule has 0 saturated carbocycles. The van der Waals surface area contributed by atoms with Crippen LogP contribution in [0.15, 0.2) is 58.8 Å². The zero-order valence-corrected chi connectivity index (χ0v) is 14.7. The summed E-state index contributed by atoms with van der Waals surface area (Å²) >= 11 is 7.29. The monoisotopic (exact) mass is 380 g/mol. The van der Waals surface area contributed by atoms with Crippen molar-refractivity contribution in [3.63, 3.8) is 0 Å². The molecule has 24 heavy (non-hydrogen) atoms. The minimum Gasteiger partial charge on any atom is -0.508 e. The van der Waals surface area contributed by atoms with Gasteiger partial charge in [-0.3, -0.25) is 0 Å².